The van der Waals surface area contributed by atoms with Gasteiger partial charge in [-0.2, -0.15) is 0 Å². The Hall–Kier alpha value is -3.19. The Morgan fingerprint density at radius 2 is 1.65 bits per heavy atom. The molecule has 1 aromatic carbocycles. The van der Waals surface area contributed by atoms with E-state index in [-0.39, 0.29) is 11.3 Å². The number of nitrogens with zero attached hydrogens (tertiary/aromatic N) is 4. The van der Waals surface area contributed by atoms with Crippen molar-refractivity contribution in [3.05, 3.63) is 65.4 Å². The maximum absolute atomic E-state index is 13.5. The number of anilines is 1. The highest BCUT2D eigenvalue weighted by Crippen LogP contribution is 2.61. The number of benzene rings is 1. The number of nitrogens with one attached hydrogen (secondary N) is 1. The fourth-order valence-corrected chi connectivity index (χ4v) is 8.02. The topological polar surface area (TPSA) is 80.7 Å². The molecule has 170 valence electrons. The standard InChI is InChI=1S/C27H25N5OS/c33-24(21-12-23(19-5-7-28-8-6-19)29-22-4-2-1-3-20(21)22)30-26-32-31-25(34-26)27-13-16-9-17(14-27)11-18(10-16)15-27/h1-8,12,16-18H,9-11,13-15H2,(H,30,32,33). The summed E-state index contributed by atoms with van der Waals surface area (Å²) in [7, 11) is 0. The Labute approximate surface area is 201 Å². The summed E-state index contributed by atoms with van der Waals surface area (Å²) < 4.78 is 0. The first-order valence-electron chi connectivity index (χ1n) is 12.1. The van der Waals surface area contributed by atoms with Crippen molar-refractivity contribution in [3.63, 3.8) is 0 Å². The molecule has 6 nitrogen and oxygen atoms in total. The molecule has 0 saturated heterocycles. The number of rotatable bonds is 4. The molecule has 34 heavy (non-hydrogen) atoms. The third kappa shape index (κ3) is 3.33. The second-order valence-corrected chi connectivity index (χ2v) is 11.3. The molecule has 0 unspecified atom stereocenters. The third-order valence-electron chi connectivity index (χ3n) is 8.07. The van der Waals surface area contributed by atoms with Crippen LogP contribution in [0.2, 0.25) is 0 Å². The van der Waals surface area contributed by atoms with Crippen LogP contribution in [0, 0.1) is 17.8 Å². The average molecular weight is 468 g/mol. The van der Waals surface area contributed by atoms with E-state index >= 15 is 0 Å². The van der Waals surface area contributed by atoms with Crippen LogP contribution in [-0.4, -0.2) is 26.1 Å². The summed E-state index contributed by atoms with van der Waals surface area (Å²) in [5.74, 6) is 2.37. The zero-order chi connectivity index (χ0) is 22.7. The van der Waals surface area contributed by atoms with E-state index < -0.39 is 0 Å². The van der Waals surface area contributed by atoms with Crippen molar-refractivity contribution >= 4 is 33.3 Å². The fourth-order valence-electron chi connectivity index (χ4n) is 7.06. The minimum atomic E-state index is -0.179. The summed E-state index contributed by atoms with van der Waals surface area (Å²) in [5, 5.41) is 14.6. The van der Waals surface area contributed by atoms with Crippen LogP contribution < -0.4 is 5.32 Å². The minimum absolute atomic E-state index is 0.179. The highest BCUT2D eigenvalue weighted by molar-refractivity contribution is 7.15. The van der Waals surface area contributed by atoms with E-state index in [9.17, 15) is 4.79 Å². The average Bonchev–Trinajstić information content (AvgIpc) is 3.32. The molecule has 4 saturated carbocycles. The molecule has 4 aliphatic rings. The molecule has 0 radical (unpaired) electrons. The summed E-state index contributed by atoms with van der Waals surface area (Å²) in [6.07, 6.45) is 11.4. The molecule has 8 rings (SSSR count). The van der Waals surface area contributed by atoms with E-state index in [1.54, 1.807) is 23.7 Å². The summed E-state index contributed by atoms with van der Waals surface area (Å²) in [6.45, 7) is 0. The van der Waals surface area contributed by atoms with Gasteiger partial charge in [-0.15, -0.1) is 10.2 Å². The second-order valence-electron chi connectivity index (χ2n) is 10.4. The Morgan fingerprint density at radius 1 is 0.941 bits per heavy atom. The quantitative estimate of drug-likeness (QED) is 0.406. The second kappa shape index (κ2) is 7.67. The van der Waals surface area contributed by atoms with Crippen LogP contribution in [0.5, 0.6) is 0 Å². The van der Waals surface area contributed by atoms with Crippen LogP contribution in [-0.2, 0) is 5.41 Å². The van der Waals surface area contributed by atoms with Gasteiger partial charge in [-0.25, -0.2) is 4.98 Å². The predicted octanol–water partition coefficient (Wildman–Crippen LogP) is 5.87. The number of fused-ring (bicyclic) bond motifs is 1. The molecule has 1 N–H and O–H groups in total. The number of pyridine rings is 2. The summed E-state index contributed by atoms with van der Waals surface area (Å²) >= 11 is 1.57. The molecule has 0 spiro atoms. The van der Waals surface area contributed by atoms with Crippen LogP contribution in [0.3, 0.4) is 0 Å². The van der Waals surface area contributed by atoms with Crippen molar-refractivity contribution in [1.29, 1.82) is 0 Å². The van der Waals surface area contributed by atoms with Gasteiger partial charge in [-0.1, -0.05) is 29.5 Å². The molecule has 7 heteroatoms. The van der Waals surface area contributed by atoms with E-state index in [2.05, 4.69) is 20.5 Å². The lowest BCUT2D eigenvalue weighted by molar-refractivity contribution is -0.00555. The monoisotopic (exact) mass is 467 g/mol. The molecule has 3 heterocycles. The van der Waals surface area contributed by atoms with Crippen molar-refractivity contribution in [3.8, 4) is 11.3 Å². The highest BCUT2D eigenvalue weighted by atomic mass is 32.1. The highest BCUT2D eigenvalue weighted by Gasteiger charge is 2.53. The maximum atomic E-state index is 13.5. The van der Waals surface area contributed by atoms with E-state index in [4.69, 9.17) is 4.98 Å². The number of carbonyl (C=O) groups excluding carboxylic acids is 1. The van der Waals surface area contributed by atoms with Gasteiger partial charge in [0.2, 0.25) is 5.13 Å². The molecule has 4 fully saturated rings. The zero-order valence-electron chi connectivity index (χ0n) is 18.8. The van der Waals surface area contributed by atoms with Gasteiger partial charge in [0.25, 0.3) is 5.91 Å². The van der Waals surface area contributed by atoms with Crippen molar-refractivity contribution in [2.45, 2.75) is 43.9 Å². The van der Waals surface area contributed by atoms with E-state index in [1.807, 2.05) is 42.5 Å². The molecule has 3 aromatic heterocycles. The van der Waals surface area contributed by atoms with Crippen LogP contribution in [0.25, 0.3) is 22.2 Å². The first-order valence-corrected chi connectivity index (χ1v) is 12.9. The number of hydrogen-bond acceptors (Lipinski definition) is 6. The van der Waals surface area contributed by atoms with Gasteiger partial charge in [0.1, 0.15) is 5.01 Å². The first-order chi connectivity index (χ1) is 16.6. The number of hydrogen-bond donors (Lipinski definition) is 1. The molecule has 4 aromatic rings. The Kier molecular flexibility index (Phi) is 4.56. The van der Waals surface area contributed by atoms with Crippen LogP contribution in [0.15, 0.2) is 54.9 Å². The Balaban J connectivity index is 1.20. The number of carbonyl (C=O) groups is 1. The molecule has 0 aliphatic heterocycles. The fraction of sp³-hybridized carbons (Fsp3) is 0.370. The lowest BCUT2D eigenvalue weighted by Crippen LogP contribution is -2.48. The van der Waals surface area contributed by atoms with Crippen LogP contribution in [0.1, 0.15) is 53.9 Å². The molecule has 0 atom stereocenters. The molecule has 1 amide bonds. The van der Waals surface area contributed by atoms with E-state index in [1.165, 1.54) is 38.5 Å². The van der Waals surface area contributed by atoms with Crippen molar-refractivity contribution in [1.82, 2.24) is 20.2 Å². The normalized spacial score (nSPS) is 27.2. The lowest BCUT2D eigenvalue weighted by atomic mass is 9.50. The minimum Gasteiger partial charge on any atom is -0.296 e. The SMILES string of the molecule is O=C(Nc1nnc(C23CC4CC(CC(C4)C2)C3)s1)c1cc(-c2ccncc2)nc2ccccc12. The van der Waals surface area contributed by atoms with Gasteiger partial charge in [0.15, 0.2) is 0 Å². The number of amides is 1. The third-order valence-corrected chi connectivity index (χ3v) is 9.16. The summed E-state index contributed by atoms with van der Waals surface area (Å²) in [6, 6.07) is 13.4. The first kappa shape index (κ1) is 20.2. The van der Waals surface area contributed by atoms with Crippen molar-refractivity contribution < 1.29 is 4.79 Å². The van der Waals surface area contributed by atoms with Crippen LogP contribution in [0.4, 0.5) is 5.13 Å². The van der Waals surface area contributed by atoms with Gasteiger partial charge < -0.3 is 0 Å². The molecular formula is C27H25N5OS. The van der Waals surface area contributed by atoms with Gasteiger partial charge in [-0.05, 0) is 80.5 Å². The smallest absolute Gasteiger partial charge is 0.258 e. The molecule has 4 bridgehead atoms. The predicted molar refractivity (Wildman–Crippen MR) is 133 cm³/mol. The zero-order valence-corrected chi connectivity index (χ0v) is 19.6. The Bertz CT molecular complexity index is 1360. The van der Waals surface area contributed by atoms with Gasteiger partial charge >= 0.3 is 0 Å². The number of para-hydroxylation sites is 1. The summed E-state index contributed by atoms with van der Waals surface area (Å²) in [5.41, 5.74) is 3.23. The van der Waals surface area contributed by atoms with E-state index in [0.717, 1.165) is 44.9 Å². The summed E-state index contributed by atoms with van der Waals surface area (Å²) in [4.78, 5) is 22.3. The van der Waals surface area contributed by atoms with Gasteiger partial charge in [0, 0.05) is 28.8 Å². The van der Waals surface area contributed by atoms with Crippen molar-refractivity contribution in [2.75, 3.05) is 5.32 Å². The Morgan fingerprint density at radius 3 is 2.38 bits per heavy atom. The lowest BCUT2D eigenvalue weighted by Gasteiger charge is -2.55. The largest absolute Gasteiger partial charge is 0.296 e. The van der Waals surface area contributed by atoms with E-state index in [0.29, 0.717) is 10.7 Å². The molecule has 4 aliphatic carbocycles. The van der Waals surface area contributed by atoms with Gasteiger partial charge in [0.05, 0.1) is 16.8 Å². The van der Waals surface area contributed by atoms with Crippen molar-refractivity contribution in [2.24, 2.45) is 17.8 Å². The molecular weight excluding hydrogens is 442 g/mol. The van der Waals surface area contributed by atoms with Crippen LogP contribution >= 0.6 is 11.3 Å². The number of aromatic nitrogens is 4. The van der Waals surface area contributed by atoms with Gasteiger partial charge in [-0.3, -0.25) is 15.1 Å². The maximum Gasteiger partial charge on any atom is 0.258 e.